The van der Waals surface area contributed by atoms with Crippen molar-refractivity contribution in [3.05, 3.63) is 35.3 Å². The minimum absolute atomic E-state index is 0.104. The molecule has 0 bridgehead atoms. The number of nitrogens with two attached hydrogens (primary N) is 1. The van der Waals surface area contributed by atoms with Gasteiger partial charge in [-0.2, -0.15) is 13.2 Å². The molecule has 6 heteroatoms. The average Bonchev–Trinajstić information content (AvgIpc) is 2.27. The van der Waals surface area contributed by atoms with E-state index in [2.05, 4.69) is 9.97 Å². The fourth-order valence-corrected chi connectivity index (χ4v) is 1.62. The minimum atomic E-state index is -4.37. The molecule has 0 fully saturated rings. The van der Waals surface area contributed by atoms with Crippen LogP contribution in [0.5, 0.6) is 0 Å². The predicted octanol–water partition coefficient (Wildman–Crippen LogP) is 2.42. The molecule has 0 aliphatic heterocycles. The molecule has 0 spiro atoms. The summed E-state index contributed by atoms with van der Waals surface area (Å²) in [5.41, 5.74) is 5.57. The first-order valence-corrected chi connectivity index (χ1v) is 4.96. The molecule has 2 N–H and O–H groups in total. The first kappa shape index (κ1) is 11.8. The second-order valence-corrected chi connectivity index (χ2v) is 3.66. The van der Waals surface area contributed by atoms with Crippen molar-refractivity contribution in [3.8, 4) is 0 Å². The second-order valence-electron chi connectivity index (χ2n) is 3.66. The van der Waals surface area contributed by atoms with Gasteiger partial charge in [-0.1, -0.05) is 6.07 Å². The van der Waals surface area contributed by atoms with E-state index in [1.807, 2.05) is 0 Å². The summed E-state index contributed by atoms with van der Waals surface area (Å²) in [6.45, 7) is 1.82. The van der Waals surface area contributed by atoms with Crippen molar-refractivity contribution in [1.29, 1.82) is 0 Å². The third-order valence-electron chi connectivity index (χ3n) is 2.44. The average molecular weight is 241 g/mol. The van der Waals surface area contributed by atoms with Crippen LogP contribution in [0, 0.1) is 6.92 Å². The lowest BCUT2D eigenvalue weighted by Gasteiger charge is -2.09. The monoisotopic (exact) mass is 241 g/mol. The van der Waals surface area contributed by atoms with Gasteiger partial charge in [-0.05, 0) is 19.1 Å². The molecular weight excluding hydrogens is 231 g/mol. The Bertz CT molecular complexity index is 564. The molecule has 1 heterocycles. The number of alkyl halides is 3. The predicted molar refractivity (Wildman–Crippen MR) is 57.2 cm³/mol. The van der Waals surface area contributed by atoms with Gasteiger partial charge in [0.15, 0.2) is 0 Å². The maximum atomic E-state index is 12.5. The van der Waals surface area contributed by atoms with E-state index in [9.17, 15) is 13.2 Å². The third-order valence-corrected chi connectivity index (χ3v) is 2.44. The highest BCUT2D eigenvalue weighted by atomic mass is 19.4. The zero-order chi connectivity index (χ0) is 12.6. The van der Waals surface area contributed by atoms with E-state index in [-0.39, 0.29) is 12.1 Å². The zero-order valence-electron chi connectivity index (χ0n) is 9.04. The van der Waals surface area contributed by atoms with Crippen LogP contribution in [-0.2, 0) is 12.7 Å². The van der Waals surface area contributed by atoms with E-state index in [4.69, 9.17) is 5.73 Å². The summed E-state index contributed by atoms with van der Waals surface area (Å²) in [5.74, 6) is 0.342. The topological polar surface area (TPSA) is 51.8 Å². The molecule has 90 valence electrons. The van der Waals surface area contributed by atoms with Gasteiger partial charge in [0.05, 0.1) is 17.6 Å². The Morgan fingerprint density at radius 2 is 1.94 bits per heavy atom. The number of benzene rings is 1. The van der Waals surface area contributed by atoms with E-state index < -0.39 is 11.7 Å². The summed E-state index contributed by atoms with van der Waals surface area (Å²) >= 11 is 0. The van der Waals surface area contributed by atoms with E-state index in [1.165, 1.54) is 6.07 Å². The van der Waals surface area contributed by atoms with Crippen LogP contribution in [0.4, 0.5) is 13.2 Å². The summed E-state index contributed by atoms with van der Waals surface area (Å²) in [5, 5.41) is 0.607. The molecule has 0 amide bonds. The standard InChI is InChI=1S/C11H10F3N3/c1-6-8-3-2-7(11(12,13)14)4-9(8)17-10(5-15)16-6/h2-4H,5,15H2,1H3. The van der Waals surface area contributed by atoms with Crippen LogP contribution in [0.3, 0.4) is 0 Å². The quantitative estimate of drug-likeness (QED) is 0.834. The number of rotatable bonds is 1. The van der Waals surface area contributed by atoms with Crippen LogP contribution < -0.4 is 5.73 Å². The van der Waals surface area contributed by atoms with Crippen LogP contribution in [0.1, 0.15) is 17.1 Å². The molecule has 17 heavy (non-hydrogen) atoms. The van der Waals surface area contributed by atoms with Gasteiger partial charge < -0.3 is 5.73 Å². The van der Waals surface area contributed by atoms with E-state index in [0.29, 0.717) is 16.9 Å². The molecule has 1 aromatic heterocycles. The van der Waals surface area contributed by atoms with Gasteiger partial charge in [0.25, 0.3) is 0 Å². The normalized spacial score (nSPS) is 12.1. The van der Waals surface area contributed by atoms with Crippen molar-refractivity contribution in [1.82, 2.24) is 9.97 Å². The van der Waals surface area contributed by atoms with Crippen molar-refractivity contribution in [2.75, 3.05) is 0 Å². The summed E-state index contributed by atoms with van der Waals surface area (Å²) in [4.78, 5) is 8.09. The lowest BCUT2D eigenvalue weighted by atomic mass is 10.1. The van der Waals surface area contributed by atoms with Crippen LogP contribution in [-0.4, -0.2) is 9.97 Å². The molecular formula is C11H10F3N3. The Labute approximate surface area is 95.5 Å². The smallest absolute Gasteiger partial charge is 0.324 e. The van der Waals surface area contributed by atoms with E-state index in [1.54, 1.807) is 6.92 Å². The van der Waals surface area contributed by atoms with Crippen molar-refractivity contribution in [2.24, 2.45) is 5.73 Å². The number of fused-ring (bicyclic) bond motifs is 1. The Hall–Kier alpha value is -1.69. The van der Waals surface area contributed by atoms with Gasteiger partial charge in [0.1, 0.15) is 5.82 Å². The second kappa shape index (κ2) is 3.96. The molecule has 0 saturated heterocycles. The highest BCUT2D eigenvalue weighted by molar-refractivity contribution is 5.81. The van der Waals surface area contributed by atoms with Gasteiger partial charge in [-0.15, -0.1) is 0 Å². The van der Waals surface area contributed by atoms with Crippen LogP contribution >= 0.6 is 0 Å². The van der Waals surface area contributed by atoms with Crippen molar-refractivity contribution in [2.45, 2.75) is 19.6 Å². The van der Waals surface area contributed by atoms with Gasteiger partial charge in [0, 0.05) is 11.1 Å². The number of nitrogens with zero attached hydrogens (tertiary/aromatic N) is 2. The molecule has 2 aromatic rings. The number of hydrogen-bond donors (Lipinski definition) is 1. The van der Waals surface area contributed by atoms with E-state index in [0.717, 1.165) is 12.1 Å². The van der Waals surface area contributed by atoms with Crippen LogP contribution in [0.15, 0.2) is 18.2 Å². The largest absolute Gasteiger partial charge is 0.416 e. The fourth-order valence-electron chi connectivity index (χ4n) is 1.62. The van der Waals surface area contributed by atoms with Crippen LogP contribution in [0.25, 0.3) is 10.9 Å². The maximum Gasteiger partial charge on any atom is 0.416 e. The first-order valence-electron chi connectivity index (χ1n) is 4.96. The minimum Gasteiger partial charge on any atom is -0.324 e. The molecule has 0 atom stereocenters. The SMILES string of the molecule is Cc1nc(CN)nc2cc(C(F)(F)F)ccc12. The molecule has 2 rings (SSSR count). The van der Waals surface area contributed by atoms with Gasteiger partial charge in [0.2, 0.25) is 0 Å². The Morgan fingerprint density at radius 1 is 1.24 bits per heavy atom. The van der Waals surface area contributed by atoms with E-state index >= 15 is 0 Å². The molecule has 0 aliphatic rings. The maximum absolute atomic E-state index is 12.5. The number of aryl methyl sites for hydroxylation is 1. The zero-order valence-corrected chi connectivity index (χ0v) is 9.04. The summed E-state index contributed by atoms with van der Waals surface area (Å²) in [6, 6.07) is 3.43. The lowest BCUT2D eigenvalue weighted by molar-refractivity contribution is -0.137. The summed E-state index contributed by atoms with van der Waals surface area (Å²) in [7, 11) is 0. The highest BCUT2D eigenvalue weighted by Crippen LogP contribution is 2.31. The first-order chi connectivity index (χ1) is 7.91. The van der Waals surface area contributed by atoms with Gasteiger partial charge in [-0.3, -0.25) is 0 Å². The Kier molecular flexibility index (Phi) is 2.74. The number of aromatic nitrogens is 2. The molecule has 0 unspecified atom stereocenters. The van der Waals surface area contributed by atoms with Crippen LogP contribution in [0.2, 0.25) is 0 Å². The number of halogens is 3. The molecule has 3 nitrogen and oxygen atoms in total. The summed E-state index contributed by atoms with van der Waals surface area (Å²) < 4.78 is 37.6. The Morgan fingerprint density at radius 3 is 2.53 bits per heavy atom. The fraction of sp³-hybridized carbons (Fsp3) is 0.273. The molecule has 1 aromatic carbocycles. The van der Waals surface area contributed by atoms with Crippen molar-refractivity contribution in [3.63, 3.8) is 0 Å². The highest BCUT2D eigenvalue weighted by Gasteiger charge is 2.30. The van der Waals surface area contributed by atoms with Crippen molar-refractivity contribution >= 4 is 10.9 Å². The Balaban J connectivity index is 2.68. The molecule has 0 aliphatic carbocycles. The third kappa shape index (κ3) is 2.21. The summed E-state index contributed by atoms with van der Waals surface area (Å²) in [6.07, 6.45) is -4.37. The van der Waals surface area contributed by atoms with Crippen molar-refractivity contribution < 1.29 is 13.2 Å². The molecule has 0 radical (unpaired) electrons. The van der Waals surface area contributed by atoms with Gasteiger partial charge >= 0.3 is 6.18 Å². The lowest BCUT2D eigenvalue weighted by Crippen LogP contribution is -2.07. The number of hydrogen-bond acceptors (Lipinski definition) is 3. The van der Waals surface area contributed by atoms with Gasteiger partial charge in [-0.25, -0.2) is 9.97 Å². The molecule has 0 saturated carbocycles.